The fraction of sp³-hybridized carbons (Fsp3) is 0.105. The largest absolute Gasteiger partial charge is 0.324 e. The molecule has 4 rings (SSSR count). The zero-order valence-corrected chi connectivity index (χ0v) is 14.9. The lowest BCUT2D eigenvalue weighted by Gasteiger charge is -2.07. The number of benzene rings is 1. The molecule has 0 radical (unpaired) electrons. The van der Waals surface area contributed by atoms with Gasteiger partial charge in [-0.1, -0.05) is 17.7 Å². The highest BCUT2D eigenvalue weighted by atomic mass is 35.5. The minimum atomic E-state index is -0.321. The van der Waals surface area contributed by atoms with Crippen LogP contribution in [0.1, 0.15) is 16.1 Å². The number of nitrogens with zero attached hydrogens (tertiary/aromatic N) is 3. The number of nitrogens with one attached hydrogen (secondary N) is 1. The van der Waals surface area contributed by atoms with Gasteiger partial charge < -0.3 is 9.88 Å². The maximum absolute atomic E-state index is 12.8. The highest BCUT2D eigenvalue weighted by molar-refractivity contribution is 6.30. The van der Waals surface area contributed by atoms with E-state index >= 15 is 0 Å². The molecule has 0 atom stereocenters. The van der Waals surface area contributed by atoms with E-state index in [0.717, 1.165) is 5.56 Å². The Hall–Kier alpha value is -3.12. The van der Waals surface area contributed by atoms with E-state index in [1.807, 2.05) is 13.0 Å². The summed E-state index contributed by atoms with van der Waals surface area (Å²) < 4.78 is 3.13. The third-order valence-electron chi connectivity index (χ3n) is 4.36. The number of amides is 1. The molecule has 1 N–H and O–H groups in total. The van der Waals surface area contributed by atoms with Crippen molar-refractivity contribution < 1.29 is 4.79 Å². The summed E-state index contributed by atoms with van der Waals surface area (Å²) in [4.78, 5) is 30.0. The van der Waals surface area contributed by atoms with E-state index in [1.54, 1.807) is 54.2 Å². The fourth-order valence-corrected chi connectivity index (χ4v) is 3.10. The van der Waals surface area contributed by atoms with Crippen LogP contribution >= 0.6 is 11.6 Å². The number of carbonyl (C=O) groups excluding carboxylic acids is 1. The molecule has 0 unspecified atom stereocenters. The molecular formula is C19H15ClN4O2. The number of pyridine rings is 1. The SMILES string of the molecule is Cc1cccn2c(=O)c3cc(C(=O)Nc4ccc(Cl)cc4)n(C)c3nc12. The van der Waals surface area contributed by atoms with Crippen molar-refractivity contribution in [1.82, 2.24) is 14.0 Å². The lowest BCUT2D eigenvalue weighted by molar-refractivity contribution is 0.101. The third-order valence-corrected chi connectivity index (χ3v) is 4.61. The number of hydrogen-bond donors (Lipinski definition) is 1. The summed E-state index contributed by atoms with van der Waals surface area (Å²) in [6.45, 7) is 1.89. The smallest absolute Gasteiger partial charge is 0.272 e. The Bertz CT molecular complexity index is 1220. The van der Waals surface area contributed by atoms with Gasteiger partial charge in [0.15, 0.2) is 0 Å². The topological polar surface area (TPSA) is 68.4 Å². The quantitative estimate of drug-likeness (QED) is 0.591. The van der Waals surface area contributed by atoms with Crippen molar-refractivity contribution in [2.75, 3.05) is 5.32 Å². The fourth-order valence-electron chi connectivity index (χ4n) is 2.98. The molecule has 0 aliphatic carbocycles. The second-order valence-electron chi connectivity index (χ2n) is 6.09. The van der Waals surface area contributed by atoms with Crippen molar-refractivity contribution >= 4 is 39.9 Å². The Morgan fingerprint density at radius 1 is 1.15 bits per heavy atom. The number of halogens is 1. The second-order valence-corrected chi connectivity index (χ2v) is 6.53. The van der Waals surface area contributed by atoms with Gasteiger partial charge in [0.05, 0.1) is 5.39 Å². The number of anilines is 1. The van der Waals surface area contributed by atoms with Crippen LogP contribution in [0.3, 0.4) is 0 Å². The maximum atomic E-state index is 12.8. The van der Waals surface area contributed by atoms with Crippen molar-refractivity contribution in [1.29, 1.82) is 0 Å². The molecule has 130 valence electrons. The van der Waals surface area contributed by atoms with Crippen LogP contribution in [0.15, 0.2) is 53.5 Å². The molecule has 0 saturated carbocycles. The normalized spacial score (nSPS) is 11.2. The Labute approximate surface area is 153 Å². The van der Waals surface area contributed by atoms with Crippen LogP contribution in [0.5, 0.6) is 0 Å². The predicted octanol–water partition coefficient (Wildman–Crippen LogP) is 3.40. The first-order valence-corrected chi connectivity index (χ1v) is 8.38. The molecule has 6 nitrogen and oxygen atoms in total. The minimum Gasteiger partial charge on any atom is -0.324 e. The van der Waals surface area contributed by atoms with E-state index in [0.29, 0.717) is 33.1 Å². The lowest BCUT2D eigenvalue weighted by atomic mass is 10.2. The summed E-state index contributed by atoms with van der Waals surface area (Å²) >= 11 is 5.86. The van der Waals surface area contributed by atoms with Crippen molar-refractivity contribution in [2.45, 2.75) is 6.92 Å². The molecule has 7 heteroatoms. The Balaban J connectivity index is 1.85. The van der Waals surface area contributed by atoms with Crippen LogP contribution in [-0.2, 0) is 7.05 Å². The molecule has 26 heavy (non-hydrogen) atoms. The average molecular weight is 367 g/mol. The van der Waals surface area contributed by atoms with Gasteiger partial charge >= 0.3 is 0 Å². The number of rotatable bonds is 2. The van der Waals surface area contributed by atoms with Crippen molar-refractivity contribution in [3.63, 3.8) is 0 Å². The summed E-state index contributed by atoms with van der Waals surface area (Å²) in [6.07, 6.45) is 1.68. The van der Waals surface area contributed by atoms with E-state index < -0.39 is 0 Å². The Kier molecular flexibility index (Phi) is 3.77. The van der Waals surface area contributed by atoms with Crippen LogP contribution in [-0.4, -0.2) is 19.9 Å². The van der Waals surface area contributed by atoms with E-state index in [1.165, 1.54) is 4.40 Å². The van der Waals surface area contributed by atoms with E-state index in [2.05, 4.69) is 10.3 Å². The number of hydrogen-bond acceptors (Lipinski definition) is 3. The van der Waals surface area contributed by atoms with Crippen molar-refractivity contribution in [2.24, 2.45) is 7.05 Å². The Morgan fingerprint density at radius 3 is 2.62 bits per heavy atom. The molecular weight excluding hydrogens is 352 g/mol. The molecule has 0 saturated heterocycles. The van der Waals surface area contributed by atoms with Gasteiger partial charge in [0.2, 0.25) is 0 Å². The highest BCUT2D eigenvalue weighted by Gasteiger charge is 2.18. The minimum absolute atomic E-state index is 0.199. The molecule has 3 aromatic heterocycles. The van der Waals surface area contributed by atoms with E-state index in [-0.39, 0.29) is 11.5 Å². The van der Waals surface area contributed by atoms with Gasteiger partial charge in [0.25, 0.3) is 11.5 Å². The number of carbonyl (C=O) groups is 1. The molecule has 4 aromatic rings. The number of fused-ring (bicyclic) bond motifs is 2. The van der Waals surface area contributed by atoms with Gasteiger partial charge in [0.1, 0.15) is 17.0 Å². The molecule has 0 spiro atoms. The first kappa shape index (κ1) is 16.4. The van der Waals surface area contributed by atoms with E-state index in [9.17, 15) is 9.59 Å². The van der Waals surface area contributed by atoms with Crippen LogP contribution in [0, 0.1) is 6.92 Å². The Morgan fingerprint density at radius 2 is 1.88 bits per heavy atom. The van der Waals surface area contributed by atoms with Gasteiger partial charge in [-0.3, -0.25) is 14.0 Å². The number of aromatic nitrogens is 3. The zero-order valence-electron chi connectivity index (χ0n) is 14.2. The van der Waals surface area contributed by atoms with Crippen LogP contribution in [0.4, 0.5) is 5.69 Å². The highest BCUT2D eigenvalue weighted by Crippen LogP contribution is 2.19. The average Bonchev–Trinajstić information content (AvgIpc) is 2.96. The molecule has 0 bridgehead atoms. The second kappa shape index (κ2) is 6.00. The first-order chi connectivity index (χ1) is 12.5. The summed E-state index contributed by atoms with van der Waals surface area (Å²) in [5.74, 6) is -0.321. The first-order valence-electron chi connectivity index (χ1n) is 8.00. The zero-order chi connectivity index (χ0) is 18.4. The summed E-state index contributed by atoms with van der Waals surface area (Å²) in [5.41, 5.74) is 2.72. The van der Waals surface area contributed by atoms with Gasteiger partial charge in [0, 0.05) is 24.0 Å². The summed E-state index contributed by atoms with van der Waals surface area (Å²) in [7, 11) is 1.72. The summed E-state index contributed by atoms with van der Waals surface area (Å²) in [6, 6.07) is 12.1. The van der Waals surface area contributed by atoms with Gasteiger partial charge in [-0.25, -0.2) is 4.98 Å². The predicted molar refractivity (Wildman–Crippen MR) is 102 cm³/mol. The van der Waals surface area contributed by atoms with Gasteiger partial charge in [-0.15, -0.1) is 0 Å². The van der Waals surface area contributed by atoms with Gasteiger partial charge in [-0.2, -0.15) is 0 Å². The van der Waals surface area contributed by atoms with Crippen LogP contribution in [0.25, 0.3) is 16.7 Å². The van der Waals surface area contributed by atoms with Gasteiger partial charge in [-0.05, 0) is 48.9 Å². The molecule has 1 aromatic carbocycles. The number of aryl methyl sites for hydroxylation is 2. The third kappa shape index (κ3) is 2.55. The van der Waals surface area contributed by atoms with E-state index in [4.69, 9.17) is 11.6 Å². The standard InChI is InChI=1S/C19H15ClN4O2/c1-11-4-3-9-24-16(11)22-17-14(19(24)26)10-15(23(17)2)18(25)21-13-7-5-12(20)6-8-13/h3-10H,1-2H3,(H,21,25). The molecule has 0 aliphatic heterocycles. The molecule has 1 amide bonds. The monoisotopic (exact) mass is 366 g/mol. The molecule has 3 heterocycles. The molecule has 0 aliphatic rings. The molecule has 0 fully saturated rings. The van der Waals surface area contributed by atoms with Crippen LogP contribution < -0.4 is 10.9 Å². The lowest BCUT2D eigenvalue weighted by Crippen LogP contribution is -2.16. The van der Waals surface area contributed by atoms with Crippen LogP contribution in [0.2, 0.25) is 5.02 Å². The van der Waals surface area contributed by atoms with Crippen molar-refractivity contribution in [3.8, 4) is 0 Å². The maximum Gasteiger partial charge on any atom is 0.272 e. The summed E-state index contributed by atoms with van der Waals surface area (Å²) in [5, 5.41) is 3.79. The van der Waals surface area contributed by atoms with Crippen molar-refractivity contribution in [3.05, 3.63) is 75.3 Å².